The van der Waals surface area contributed by atoms with Crippen molar-refractivity contribution >= 4 is 40.5 Å². The lowest BCUT2D eigenvalue weighted by Gasteiger charge is -2.26. The molecule has 0 saturated carbocycles. The number of nitrogens with one attached hydrogen (secondary N) is 1. The predicted octanol–water partition coefficient (Wildman–Crippen LogP) is 3.24. The number of aryl methyl sites for hydroxylation is 1. The molecule has 10 heteroatoms. The standard InChI is InChI=1S/C19H26N6O3S/c1-13-21-15(23-17-20-11-14(12-26)29-17)10-16(22-13)24-6-5-7-25(9-8-24)18(27)28-19(2,3)4/h10-12H,5-9H2,1-4H3,(H,20,21,22,23). The molecule has 2 aromatic heterocycles. The van der Waals surface area contributed by atoms with Gasteiger partial charge in [0.25, 0.3) is 0 Å². The van der Waals surface area contributed by atoms with Gasteiger partial charge in [0.05, 0.1) is 11.1 Å². The van der Waals surface area contributed by atoms with E-state index in [9.17, 15) is 9.59 Å². The summed E-state index contributed by atoms with van der Waals surface area (Å²) in [7, 11) is 0. The highest BCUT2D eigenvalue weighted by atomic mass is 32.1. The summed E-state index contributed by atoms with van der Waals surface area (Å²) in [6.07, 6.45) is 2.83. The lowest BCUT2D eigenvalue weighted by molar-refractivity contribution is 0.0263. The van der Waals surface area contributed by atoms with Crippen LogP contribution in [-0.4, -0.2) is 64.0 Å². The molecule has 3 heterocycles. The zero-order valence-electron chi connectivity index (χ0n) is 17.1. The van der Waals surface area contributed by atoms with Gasteiger partial charge in [-0.25, -0.2) is 19.7 Å². The minimum absolute atomic E-state index is 0.282. The van der Waals surface area contributed by atoms with Gasteiger partial charge in [0.15, 0.2) is 11.4 Å². The zero-order valence-corrected chi connectivity index (χ0v) is 18.0. The van der Waals surface area contributed by atoms with Crippen LogP contribution in [-0.2, 0) is 4.74 Å². The van der Waals surface area contributed by atoms with Gasteiger partial charge in [-0.1, -0.05) is 11.3 Å². The number of hydrogen-bond donors (Lipinski definition) is 1. The van der Waals surface area contributed by atoms with Gasteiger partial charge in [0.1, 0.15) is 23.1 Å². The van der Waals surface area contributed by atoms with Gasteiger partial charge in [0, 0.05) is 32.2 Å². The van der Waals surface area contributed by atoms with Crippen molar-refractivity contribution in [2.45, 2.75) is 39.7 Å². The molecule has 0 spiro atoms. The number of anilines is 3. The van der Waals surface area contributed by atoms with Crippen LogP contribution in [0.4, 0.5) is 21.6 Å². The number of thiazole rings is 1. The Labute approximate surface area is 174 Å². The molecular weight excluding hydrogens is 392 g/mol. The highest BCUT2D eigenvalue weighted by Crippen LogP contribution is 2.24. The fourth-order valence-corrected chi connectivity index (χ4v) is 3.58. The number of carbonyl (C=O) groups excluding carboxylic acids is 2. The maximum atomic E-state index is 12.4. The number of aldehydes is 1. The van der Waals surface area contributed by atoms with Crippen molar-refractivity contribution in [2.75, 3.05) is 36.4 Å². The molecule has 29 heavy (non-hydrogen) atoms. The van der Waals surface area contributed by atoms with Crippen LogP contribution in [0.15, 0.2) is 12.3 Å². The van der Waals surface area contributed by atoms with Crippen molar-refractivity contribution in [1.82, 2.24) is 19.9 Å². The highest BCUT2D eigenvalue weighted by molar-refractivity contribution is 7.17. The van der Waals surface area contributed by atoms with E-state index in [1.807, 2.05) is 33.8 Å². The third-order valence-electron chi connectivity index (χ3n) is 4.17. The Morgan fingerprint density at radius 1 is 1.24 bits per heavy atom. The minimum Gasteiger partial charge on any atom is -0.444 e. The molecule has 1 saturated heterocycles. The number of rotatable bonds is 4. The molecule has 1 amide bonds. The molecule has 2 aromatic rings. The molecule has 156 valence electrons. The predicted molar refractivity (Wildman–Crippen MR) is 112 cm³/mol. The Hall–Kier alpha value is -2.75. The molecule has 0 aliphatic carbocycles. The van der Waals surface area contributed by atoms with E-state index in [2.05, 4.69) is 25.2 Å². The van der Waals surface area contributed by atoms with E-state index in [0.29, 0.717) is 41.3 Å². The third kappa shape index (κ3) is 5.86. The summed E-state index contributed by atoms with van der Waals surface area (Å²) in [5.41, 5.74) is -0.507. The molecule has 1 N–H and O–H groups in total. The van der Waals surface area contributed by atoms with Gasteiger partial charge in [-0.05, 0) is 34.1 Å². The van der Waals surface area contributed by atoms with E-state index >= 15 is 0 Å². The first-order valence-corrected chi connectivity index (χ1v) is 10.3. The van der Waals surface area contributed by atoms with Gasteiger partial charge in [-0.2, -0.15) is 0 Å². The normalized spacial score (nSPS) is 15.0. The second-order valence-corrected chi connectivity index (χ2v) is 8.84. The Balaban J connectivity index is 1.69. The number of carbonyl (C=O) groups is 2. The van der Waals surface area contributed by atoms with Crippen molar-refractivity contribution in [2.24, 2.45) is 0 Å². The Bertz CT molecular complexity index is 879. The van der Waals surface area contributed by atoms with Gasteiger partial charge < -0.3 is 19.9 Å². The maximum absolute atomic E-state index is 12.4. The van der Waals surface area contributed by atoms with Crippen molar-refractivity contribution in [1.29, 1.82) is 0 Å². The minimum atomic E-state index is -0.507. The second-order valence-electron chi connectivity index (χ2n) is 7.78. The number of nitrogens with zero attached hydrogens (tertiary/aromatic N) is 5. The van der Waals surface area contributed by atoms with Gasteiger partial charge in [0.2, 0.25) is 0 Å². The number of amides is 1. The summed E-state index contributed by atoms with van der Waals surface area (Å²) in [5.74, 6) is 2.04. The van der Waals surface area contributed by atoms with E-state index in [-0.39, 0.29) is 6.09 Å². The lowest BCUT2D eigenvalue weighted by atomic mass is 10.2. The van der Waals surface area contributed by atoms with E-state index in [1.54, 1.807) is 4.90 Å². The fraction of sp³-hybridized carbons (Fsp3) is 0.526. The van der Waals surface area contributed by atoms with Crippen LogP contribution in [0.1, 0.15) is 42.7 Å². The summed E-state index contributed by atoms with van der Waals surface area (Å²) >= 11 is 1.26. The number of aromatic nitrogens is 3. The van der Waals surface area contributed by atoms with Crippen LogP contribution in [0.2, 0.25) is 0 Å². The fourth-order valence-electron chi connectivity index (χ4n) is 2.94. The maximum Gasteiger partial charge on any atom is 0.410 e. The quantitative estimate of drug-likeness (QED) is 0.755. The first kappa shape index (κ1) is 21.0. The Morgan fingerprint density at radius 2 is 2.03 bits per heavy atom. The molecule has 1 fully saturated rings. The SMILES string of the molecule is Cc1nc(Nc2ncc(C=O)s2)cc(N2CCCN(C(=O)OC(C)(C)C)CC2)n1. The zero-order chi connectivity index (χ0) is 21.0. The number of hydrogen-bond acceptors (Lipinski definition) is 9. The summed E-state index contributed by atoms with van der Waals surface area (Å²) in [4.78, 5) is 40.8. The van der Waals surface area contributed by atoms with Gasteiger partial charge in [-0.3, -0.25) is 4.79 Å². The van der Waals surface area contributed by atoms with E-state index in [4.69, 9.17) is 4.74 Å². The molecule has 0 unspecified atom stereocenters. The summed E-state index contributed by atoms with van der Waals surface area (Å²) in [6, 6.07) is 1.86. The van der Waals surface area contributed by atoms with Crippen molar-refractivity contribution in [3.05, 3.63) is 23.0 Å². The largest absolute Gasteiger partial charge is 0.444 e. The summed E-state index contributed by atoms with van der Waals surface area (Å²) in [5, 5.41) is 3.73. The molecule has 0 bridgehead atoms. The molecule has 0 radical (unpaired) electrons. The van der Waals surface area contributed by atoms with E-state index in [1.165, 1.54) is 17.5 Å². The van der Waals surface area contributed by atoms with Crippen LogP contribution in [0.25, 0.3) is 0 Å². The average Bonchev–Trinajstić information content (AvgIpc) is 2.93. The average molecular weight is 419 g/mol. The van der Waals surface area contributed by atoms with Crippen molar-refractivity contribution < 1.29 is 14.3 Å². The summed E-state index contributed by atoms with van der Waals surface area (Å²) in [6.45, 7) is 10.1. The van der Waals surface area contributed by atoms with Crippen molar-refractivity contribution in [3.8, 4) is 0 Å². The Kier molecular flexibility index (Phi) is 6.31. The van der Waals surface area contributed by atoms with Crippen LogP contribution in [0, 0.1) is 6.92 Å². The summed E-state index contributed by atoms with van der Waals surface area (Å²) < 4.78 is 5.49. The van der Waals surface area contributed by atoms with E-state index in [0.717, 1.165) is 25.1 Å². The molecule has 3 rings (SSSR count). The monoisotopic (exact) mass is 418 g/mol. The van der Waals surface area contributed by atoms with Gasteiger partial charge >= 0.3 is 6.09 Å². The molecule has 1 aliphatic heterocycles. The van der Waals surface area contributed by atoms with Crippen LogP contribution >= 0.6 is 11.3 Å². The number of ether oxygens (including phenoxy) is 1. The van der Waals surface area contributed by atoms with Crippen molar-refractivity contribution in [3.63, 3.8) is 0 Å². The molecule has 0 atom stereocenters. The molecular formula is C19H26N6O3S. The van der Waals surface area contributed by atoms with E-state index < -0.39 is 5.60 Å². The highest BCUT2D eigenvalue weighted by Gasteiger charge is 2.25. The molecule has 1 aliphatic rings. The topological polar surface area (TPSA) is 101 Å². The van der Waals surface area contributed by atoms with Crippen LogP contribution in [0.5, 0.6) is 0 Å². The molecule has 0 aromatic carbocycles. The Morgan fingerprint density at radius 3 is 2.72 bits per heavy atom. The first-order chi connectivity index (χ1) is 13.7. The first-order valence-electron chi connectivity index (χ1n) is 9.50. The third-order valence-corrected chi connectivity index (χ3v) is 5.01. The van der Waals surface area contributed by atoms with Gasteiger partial charge in [-0.15, -0.1) is 0 Å². The second kappa shape index (κ2) is 8.73. The van der Waals surface area contributed by atoms with Crippen LogP contribution < -0.4 is 10.2 Å². The smallest absolute Gasteiger partial charge is 0.410 e. The molecule has 9 nitrogen and oxygen atoms in total. The lowest BCUT2D eigenvalue weighted by Crippen LogP contribution is -2.39. The van der Waals surface area contributed by atoms with Crippen LogP contribution in [0.3, 0.4) is 0 Å².